The number of carbonyl (C=O) groups is 2. The fourth-order valence-electron chi connectivity index (χ4n) is 10.9. The molecule has 10 heteroatoms. The van der Waals surface area contributed by atoms with Crippen LogP contribution in [-0.2, 0) is 32.7 Å². The van der Waals surface area contributed by atoms with E-state index in [2.05, 4.69) is 148 Å². The molecule has 0 radical (unpaired) electrons. The van der Waals surface area contributed by atoms with Gasteiger partial charge in [0.15, 0.2) is 6.10 Å². The number of nitrogens with two attached hydrogens (primary N) is 1. The van der Waals surface area contributed by atoms with Crippen molar-refractivity contribution in [2.75, 3.05) is 26.4 Å². The van der Waals surface area contributed by atoms with Crippen LogP contribution in [0.2, 0.25) is 0 Å². The van der Waals surface area contributed by atoms with Crippen LogP contribution in [0.1, 0.15) is 348 Å². The highest BCUT2D eigenvalue weighted by molar-refractivity contribution is 7.47. The maximum atomic E-state index is 12.8. The number of carbonyl (C=O) groups excluding carboxylic acids is 2. The van der Waals surface area contributed by atoms with Crippen LogP contribution >= 0.6 is 7.82 Å². The fourth-order valence-corrected chi connectivity index (χ4v) is 11.6. The highest BCUT2D eigenvalue weighted by Gasteiger charge is 2.26. The zero-order valence-corrected chi connectivity index (χ0v) is 61.1. The Morgan fingerprint density at radius 2 is 0.591 bits per heavy atom. The summed E-state index contributed by atoms with van der Waals surface area (Å²) in [6.45, 7) is 3.64. The van der Waals surface area contributed by atoms with Crippen LogP contribution in [0.5, 0.6) is 0 Å². The van der Waals surface area contributed by atoms with Crippen molar-refractivity contribution in [3.8, 4) is 0 Å². The molecule has 2 unspecified atom stereocenters. The summed E-state index contributed by atoms with van der Waals surface area (Å²) in [5.41, 5.74) is 5.41. The van der Waals surface area contributed by atoms with Crippen LogP contribution in [0.3, 0.4) is 0 Å². The van der Waals surface area contributed by atoms with Gasteiger partial charge in [-0.05, 0) is 96.3 Å². The molecule has 0 aliphatic carbocycles. The predicted molar refractivity (Wildman–Crippen MR) is 404 cm³/mol. The smallest absolute Gasteiger partial charge is 0.462 e. The summed E-state index contributed by atoms with van der Waals surface area (Å²) in [4.78, 5) is 35.4. The molecule has 0 aromatic rings. The molecule has 0 fully saturated rings. The molecule has 534 valence electrons. The van der Waals surface area contributed by atoms with Crippen molar-refractivity contribution in [3.63, 3.8) is 0 Å². The minimum absolute atomic E-state index is 0.0450. The Balaban J connectivity index is 3.92. The predicted octanol–water partition coefficient (Wildman–Crippen LogP) is 26.0. The van der Waals surface area contributed by atoms with Gasteiger partial charge in [0.05, 0.1) is 13.2 Å². The second-order valence-electron chi connectivity index (χ2n) is 25.5. The molecule has 9 nitrogen and oxygen atoms in total. The Kier molecular flexibility index (Phi) is 74.0. The molecule has 3 N–H and O–H groups in total. The number of phosphoric ester groups is 1. The van der Waals surface area contributed by atoms with Crippen molar-refractivity contribution in [1.29, 1.82) is 0 Å². The monoisotopic (exact) mass is 1310 g/mol. The van der Waals surface area contributed by atoms with Gasteiger partial charge in [0.2, 0.25) is 0 Å². The number of hydrogen-bond acceptors (Lipinski definition) is 8. The molecule has 0 aromatic carbocycles. The standard InChI is InChI=1S/C83H144NO8P/c1-3-5-7-9-11-13-15-17-19-21-23-25-27-29-31-33-35-37-38-39-40-41-42-44-46-48-50-52-54-56-58-60-62-64-66-68-70-72-74-76-83(86)92-81(80-91-93(87,88)90-78-77-84)79-89-82(85)75-73-71-69-67-65-63-61-59-57-55-53-51-49-47-45-43-36-34-32-30-28-26-24-22-20-18-16-14-12-10-8-6-4-2/h5,7,11,13,17,19,23,25,29,31,35,37,39-40,42,44,48,50,54,56,60,62,81H,3-4,6,8-10,12,14-16,18,20-22,24,26-28,30,32-34,36,38,41,43,45-47,49,51-53,55,57-59,61,63-80,84H2,1-2H3,(H,87,88)/b7-5-,13-11-,19-17-,25-23-,31-29-,37-35-,40-39-,44-42-,50-48-,56-54-,62-60-. The average molecular weight is 1320 g/mol. The Bertz CT molecular complexity index is 1990. The van der Waals surface area contributed by atoms with Crippen LogP contribution in [-0.4, -0.2) is 49.3 Å². The fraction of sp³-hybridized carbons (Fsp3) is 0.711. The minimum Gasteiger partial charge on any atom is -0.462 e. The molecular weight excluding hydrogens is 1170 g/mol. The second kappa shape index (κ2) is 77.2. The van der Waals surface area contributed by atoms with Crippen LogP contribution in [0.25, 0.3) is 0 Å². The van der Waals surface area contributed by atoms with Crippen LogP contribution in [0, 0.1) is 0 Å². The van der Waals surface area contributed by atoms with Crippen molar-refractivity contribution in [1.82, 2.24) is 0 Å². The largest absolute Gasteiger partial charge is 0.472 e. The molecule has 2 atom stereocenters. The minimum atomic E-state index is -4.41. The quantitative estimate of drug-likeness (QED) is 0.0264. The van der Waals surface area contributed by atoms with Crippen molar-refractivity contribution in [2.45, 2.75) is 354 Å². The van der Waals surface area contributed by atoms with E-state index in [-0.39, 0.29) is 38.6 Å². The maximum Gasteiger partial charge on any atom is 0.472 e. The number of phosphoric acid groups is 1. The van der Waals surface area contributed by atoms with Gasteiger partial charge >= 0.3 is 19.8 Å². The van der Waals surface area contributed by atoms with Crippen LogP contribution < -0.4 is 5.73 Å². The van der Waals surface area contributed by atoms with Gasteiger partial charge in [-0.15, -0.1) is 0 Å². The molecule has 0 heterocycles. The van der Waals surface area contributed by atoms with Gasteiger partial charge in [0.25, 0.3) is 0 Å². The SMILES string of the molecule is CC/C=C\C/C=C\C/C=C\C/C=C\C/C=C\C/C=C\C/C=C\C/C=C\C/C=C\C/C=C\C/C=C\CCCCCCCC(=O)OC(COC(=O)CCCCCCCCCCCCCCCCCCCCCCCCCCCCCCCCCCC)COP(=O)(O)OCCN. The molecule has 93 heavy (non-hydrogen) atoms. The third-order valence-electron chi connectivity index (χ3n) is 16.6. The van der Waals surface area contributed by atoms with Crippen molar-refractivity contribution >= 4 is 19.8 Å². The summed E-state index contributed by atoms with van der Waals surface area (Å²) < 4.78 is 33.2. The lowest BCUT2D eigenvalue weighted by Gasteiger charge is -2.19. The van der Waals surface area contributed by atoms with E-state index in [1.165, 1.54) is 193 Å². The van der Waals surface area contributed by atoms with E-state index < -0.39 is 26.5 Å². The van der Waals surface area contributed by atoms with Crippen LogP contribution in [0.15, 0.2) is 134 Å². The maximum absolute atomic E-state index is 12.8. The van der Waals surface area contributed by atoms with E-state index in [0.717, 1.165) is 122 Å². The third-order valence-corrected chi connectivity index (χ3v) is 17.5. The van der Waals surface area contributed by atoms with E-state index in [1.807, 2.05) is 0 Å². The molecule has 0 spiro atoms. The van der Waals surface area contributed by atoms with Gasteiger partial charge in [-0.25, -0.2) is 4.57 Å². The highest BCUT2D eigenvalue weighted by Crippen LogP contribution is 2.43. The molecule has 0 bridgehead atoms. The van der Waals surface area contributed by atoms with Gasteiger partial charge in [0, 0.05) is 19.4 Å². The first-order valence-electron chi connectivity index (χ1n) is 38.7. The first kappa shape index (κ1) is 89.2. The van der Waals surface area contributed by atoms with E-state index in [9.17, 15) is 19.0 Å². The zero-order valence-electron chi connectivity index (χ0n) is 60.2. The number of esters is 2. The van der Waals surface area contributed by atoms with E-state index in [0.29, 0.717) is 6.42 Å². The highest BCUT2D eigenvalue weighted by atomic mass is 31.2. The van der Waals surface area contributed by atoms with E-state index in [1.54, 1.807) is 0 Å². The Hall–Kier alpha value is -3.85. The Morgan fingerprint density at radius 1 is 0.333 bits per heavy atom. The second-order valence-corrected chi connectivity index (χ2v) is 27.0. The lowest BCUT2D eigenvalue weighted by Crippen LogP contribution is -2.29. The number of allylic oxidation sites excluding steroid dienone is 22. The first-order valence-corrected chi connectivity index (χ1v) is 40.2. The van der Waals surface area contributed by atoms with Crippen LogP contribution in [0.4, 0.5) is 0 Å². The summed E-state index contributed by atoms with van der Waals surface area (Å²) in [5, 5.41) is 0. The molecule has 0 aromatic heterocycles. The molecule has 0 aliphatic rings. The van der Waals surface area contributed by atoms with Gasteiger partial charge in [0.1, 0.15) is 6.61 Å². The van der Waals surface area contributed by atoms with E-state index >= 15 is 0 Å². The molecule has 0 aliphatic heterocycles. The topological polar surface area (TPSA) is 134 Å². The summed E-state index contributed by atoms with van der Waals surface area (Å²) in [5.74, 6) is -0.844. The average Bonchev–Trinajstić information content (AvgIpc) is 3.60. The van der Waals surface area contributed by atoms with Crippen molar-refractivity contribution < 1.29 is 37.6 Å². The van der Waals surface area contributed by atoms with Crippen molar-refractivity contribution in [3.05, 3.63) is 134 Å². The number of unbranched alkanes of at least 4 members (excludes halogenated alkanes) is 37. The third kappa shape index (κ3) is 77.0. The molecule has 0 amide bonds. The van der Waals surface area contributed by atoms with Gasteiger partial charge in [-0.1, -0.05) is 372 Å². The number of rotatable bonds is 72. The number of ether oxygens (including phenoxy) is 2. The Labute approximate surface area is 574 Å². The summed E-state index contributed by atoms with van der Waals surface area (Å²) in [6.07, 6.45) is 110. The Morgan fingerprint density at radius 3 is 0.882 bits per heavy atom. The molecule has 0 rings (SSSR count). The molecular formula is C83H144NO8P. The first-order chi connectivity index (χ1) is 45.8. The van der Waals surface area contributed by atoms with Gasteiger partial charge in [-0.2, -0.15) is 0 Å². The zero-order chi connectivity index (χ0) is 67.2. The van der Waals surface area contributed by atoms with E-state index in [4.69, 9.17) is 24.3 Å². The lowest BCUT2D eigenvalue weighted by molar-refractivity contribution is -0.161. The molecule has 0 saturated carbocycles. The molecule has 0 saturated heterocycles. The van der Waals surface area contributed by atoms with Gasteiger partial charge in [-0.3, -0.25) is 18.6 Å². The lowest BCUT2D eigenvalue weighted by atomic mass is 10.0. The summed E-state index contributed by atoms with van der Waals surface area (Å²) >= 11 is 0. The number of hydrogen-bond donors (Lipinski definition) is 2. The van der Waals surface area contributed by atoms with Gasteiger partial charge < -0.3 is 20.1 Å². The summed E-state index contributed by atoms with van der Waals surface area (Å²) in [6, 6.07) is 0. The summed E-state index contributed by atoms with van der Waals surface area (Å²) in [7, 11) is -4.41. The van der Waals surface area contributed by atoms with Crippen molar-refractivity contribution in [2.24, 2.45) is 5.73 Å². The normalized spacial score (nSPS) is 13.6.